The van der Waals surface area contributed by atoms with E-state index in [1.54, 1.807) is 39.7 Å². The summed E-state index contributed by atoms with van der Waals surface area (Å²) < 4.78 is 13.3. The normalized spacial score (nSPS) is 11.2. The second kappa shape index (κ2) is 16.5. The Labute approximate surface area is 307 Å². The van der Waals surface area contributed by atoms with Gasteiger partial charge in [-0.1, -0.05) is 13.5 Å². The zero-order valence-corrected chi connectivity index (χ0v) is 30.1. The lowest BCUT2D eigenvalue weighted by atomic mass is 10.2. The van der Waals surface area contributed by atoms with Crippen LogP contribution in [0.2, 0.25) is 0 Å². The first-order valence-corrected chi connectivity index (χ1v) is 17.4. The smallest absolute Gasteiger partial charge is 0.276 e. The molecule has 0 saturated carbocycles. The summed E-state index contributed by atoms with van der Waals surface area (Å²) in [6.45, 7) is 10.8. The first kappa shape index (κ1) is 38.2. The first-order chi connectivity index (χ1) is 25.1. The third-order valence-corrected chi connectivity index (χ3v) is 8.72. The monoisotopic (exact) mass is 724 g/mol. The number of hydrogen-bond acceptors (Lipinski definition) is 9. The Hall–Kier alpha value is -6.03. The van der Waals surface area contributed by atoms with Crippen LogP contribution in [-0.4, -0.2) is 76.6 Å². The van der Waals surface area contributed by atoms with Gasteiger partial charge in [-0.3, -0.25) is 34.4 Å². The Kier molecular flexibility index (Phi) is 11.9. The minimum Gasteiger partial charge on any atom is -0.490 e. The van der Waals surface area contributed by atoms with Crippen LogP contribution in [0.5, 0.6) is 5.75 Å². The minimum absolute atomic E-state index is 0. The number of anilines is 2. The third-order valence-electron chi connectivity index (χ3n) is 8.72. The molecule has 0 aliphatic carbocycles. The van der Waals surface area contributed by atoms with Crippen LogP contribution in [0, 0.1) is 13.8 Å². The summed E-state index contributed by atoms with van der Waals surface area (Å²) in [6, 6.07) is 14.3. The van der Waals surface area contributed by atoms with Crippen molar-refractivity contribution in [2.45, 2.75) is 74.1 Å². The topological polar surface area (TPSA) is 194 Å². The lowest BCUT2D eigenvalue weighted by Crippen LogP contribution is -2.20. The van der Waals surface area contributed by atoms with Crippen molar-refractivity contribution in [3.8, 4) is 5.75 Å². The highest BCUT2D eigenvalue weighted by molar-refractivity contribution is 6.04. The standard InChI is InChI=1S/C36H44N12O4.CH4/c1-6-47-28(19-22(3)43-47)33(50)41-35-39-25-21-24(32(37)49)13-14-26(25)45(35)16-8-9-17-46-27-11-10-12-30(52-18-15-38-5)31(27)40-36(46)42-34(51)29-20-23(4)44-48(29)7-2;/h10-14,19-21,38H,6-9,15-18H2,1-5H3,(H2,37,49)(H,39,41,50)(H,40,42,51);1H4. The predicted octanol–water partition coefficient (Wildman–Crippen LogP) is 4.75. The molecule has 4 heterocycles. The van der Waals surface area contributed by atoms with Gasteiger partial charge in [-0.25, -0.2) is 9.97 Å². The number of nitrogens with one attached hydrogen (secondary N) is 3. The van der Waals surface area contributed by atoms with Crippen LogP contribution in [-0.2, 0) is 26.2 Å². The number of hydrogen-bond donors (Lipinski definition) is 4. The number of carbonyl (C=O) groups is 3. The fourth-order valence-electron chi connectivity index (χ4n) is 6.24. The van der Waals surface area contributed by atoms with E-state index >= 15 is 0 Å². The number of fused-ring (bicyclic) bond motifs is 2. The Morgan fingerprint density at radius 1 is 0.792 bits per heavy atom. The van der Waals surface area contributed by atoms with Crippen molar-refractivity contribution >= 4 is 51.7 Å². The lowest BCUT2D eigenvalue weighted by Gasteiger charge is -2.13. The molecule has 6 aromatic rings. The van der Waals surface area contributed by atoms with Crippen molar-refractivity contribution in [2.24, 2.45) is 5.73 Å². The van der Waals surface area contributed by atoms with Gasteiger partial charge in [-0.05, 0) is 90.0 Å². The van der Waals surface area contributed by atoms with Crippen LogP contribution in [0.4, 0.5) is 11.9 Å². The number of likely N-dealkylation sites (N-methyl/N-ethyl adjacent to an activating group) is 1. The van der Waals surface area contributed by atoms with Crippen LogP contribution < -0.4 is 26.4 Å². The molecule has 0 bridgehead atoms. The summed E-state index contributed by atoms with van der Waals surface area (Å²) in [4.78, 5) is 48.5. The van der Waals surface area contributed by atoms with Crippen molar-refractivity contribution in [3.05, 3.63) is 76.9 Å². The molecule has 280 valence electrons. The van der Waals surface area contributed by atoms with Gasteiger partial charge in [-0.15, -0.1) is 0 Å². The van der Waals surface area contributed by atoms with E-state index in [0.717, 1.165) is 22.4 Å². The zero-order chi connectivity index (χ0) is 36.9. The molecular formula is C37H48N12O4. The number of rotatable bonds is 16. The van der Waals surface area contributed by atoms with E-state index in [1.807, 2.05) is 62.1 Å². The molecule has 0 saturated heterocycles. The molecule has 0 atom stereocenters. The highest BCUT2D eigenvalue weighted by atomic mass is 16.5. The molecule has 16 heteroatoms. The number of nitrogens with two attached hydrogens (primary N) is 1. The van der Waals surface area contributed by atoms with E-state index < -0.39 is 5.91 Å². The molecule has 0 radical (unpaired) electrons. The van der Waals surface area contributed by atoms with Crippen LogP contribution in [0.1, 0.15) is 76.8 Å². The fourth-order valence-corrected chi connectivity index (χ4v) is 6.24. The number of aromatic nitrogens is 8. The molecule has 2 aromatic carbocycles. The van der Waals surface area contributed by atoms with E-state index in [2.05, 4.69) is 26.1 Å². The number of ether oxygens (including phenoxy) is 1. The summed E-state index contributed by atoms with van der Waals surface area (Å²) in [5.41, 5.74) is 11.0. The maximum atomic E-state index is 13.5. The molecule has 3 amide bonds. The predicted molar refractivity (Wildman–Crippen MR) is 205 cm³/mol. The molecule has 0 unspecified atom stereocenters. The molecule has 4 aromatic heterocycles. The third kappa shape index (κ3) is 8.07. The molecule has 0 spiro atoms. The van der Waals surface area contributed by atoms with Gasteiger partial charge in [0.2, 0.25) is 17.8 Å². The van der Waals surface area contributed by atoms with E-state index in [1.165, 1.54) is 0 Å². The van der Waals surface area contributed by atoms with Crippen LogP contribution in [0.3, 0.4) is 0 Å². The van der Waals surface area contributed by atoms with Gasteiger partial charge in [0.25, 0.3) is 11.8 Å². The van der Waals surface area contributed by atoms with Gasteiger partial charge < -0.3 is 24.9 Å². The lowest BCUT2D eigenvalue weighted by molar-refractivity contribution is 0.0995. The summed E-state index contributed by atoms with van der Waals surface area (Å²) >= 11 is 0. The van der Waals surface area contributed by atoms with Gasteiger partial charge in [0, 0.05) is 38.3 Å². The highest BCUT2D eigenvalue weighted by Crippen LogP contribution is 2.30. The van der Waals surface area contributed by atoms with E-state index in [4.69, 9.17) is 20.4 Å². The summed E-state index contributed by atoms with van der Waals surface area (Å²) in [5, 5.41) is 17.9. The van der Waals surface area contributed by atoms with Gasteiger partial charge >= 0.3 is 0 Å². The molecule has 53 heavy (non-hydrogen) atoms. The number of nitrogens with zero attached hydrogens (tertiary/aromatic N) is 8. The molecule has 16 nitrogen and oxygen atoms in total. The van der Waals surface area contributed by atoms with Crippen molar-refractivity contribution in [3.63, 3.8) is 0 Å². The quantitative estimate of drug-likeness (QED) is 0.102. The van der Waals surface area contributed by atoms with Gasteiger partial charge in [0.1, 0.15) is 29.3 Å². The summed E-state index contributed by atoms with van der Waals surface area (Å²) in [6.07, 6.45) is 1.35. The number of imidazole rings is 2. The van der Waals surface area contributed by atoms with Gasteiger partial charge in [-0.2, -0.15) is 10.2 Å². The molecule has 0 aliphatic heterocycles. The number of carbonyl (C=O) groups excluding carboxylic acids is 3. The number of primary amides is 1. The second-order valence-corrected chi connectivity index (χ2v) is 12.4. The van der Waals surface area contributed by atoms with Crippen LogP contribution >= 0.6 is 0 Å². The van der Waals surface area contributed by atoms with Gasteiger partial charge in [0.15, 0.2) is 0 Å². The Morgan fingerprint density at radius 2 is 1.38 bits per heavy atom. The molecule has 5 N–H and O–H groups in total. The Balaban J connectivity index is 0.00000541. The maximum Gasteiger partial charge on any atom is 0.276 e. The van der Waals surface area contributed by atoms with Crippen LogP contribution in [0.15, 0.2) is 48.5 Å². The molecule has 0 fully saturated rings. The van der Waals surface area contributed by atoms with Gasteiger partial charge in [0.05, 0.1) is 27.9 Å². The Morgan fingerprint density at radius 3 is 1.94 bits per heavy atom. The van der Waals surface area contributed by atoms with Crippen molar-refractivity contribution in [1.82, 2.24) is 44.0 Å². The average molecular weight is 725 g/mol. The average Bonchev–Trinajstić information content (AvgIpc) is 3.89. The number of amides is 3. The summed E-state index contributed by atoms with van der Waals surface area (Å²) in [5.74, 6) is 0.148. The van der Waals surface area contributed by atoms with Crippen LogP contribution in [0.25, 0.3) is 22.1 Å². The minimum atomic E-state index is -0.565. The highest BCUT2D eigenvalue weighted by Gasteiger charge is 2.21. The molecular weight excluding hydrogens is 676 g/mol. The van der Waals surface area contributed by atoms with E-state index in [9.17, 15) is 14.4 Å². The SMILES string of the molecule is C.CCn1nc(C)cc1C(=O)Nc1nc2cc(C(N)=O)ccc2n1CCCCn1c(NC(=O)c2cc(C)nn2CC)nc2c(OCCNC)cccc21. The molecule has 0 aliphatic rings. The van der Waals surface area contributed by atoms with Crippen molar-refractivity contribution < 1.29 is 19.1 Å². The van der Waals surface area contributed by atoms with E-state index in [-0.39, 0.29) is 19.2 Å². The zero-order valence-electron chi connectivity index (χ0n) is 30.1. The second-order valence-electron chi connectivity index (χ2n) is 12.4. The van der Waals surface area contributed by atoms with E-state index in [0.29, 0.717) is 97.8 Å². The number of benzene rings is 2. The maximum absolute atomic E-state index is 13.5. The number of unbranched alkanes of at least 4 members (excludes halogenated alkanes) is 1. The summed E-state index contributed by atoms with van der Waals surface area (Å²) in [7, 11) is 1.86. The number of para-hydroxylation sites is 1. The Bertz CT molecular complexity index is 2260. The fraction of sp³-hybridized carbons (Fsp3) is 0.378. The first-order valence-electron chi connectivity index (χ1n) is 17.4. The number of aryl methyl sites for hydroxylation is 6. The van der Waals surface area contributed by atoms with Crippen molar-refractivity contribution in [1.29, 1.82) is 0 Å². The molecule has 6 rings (SSSR count). The largest absolute Gasteiger partial charge is 0.490 e. The van der Waals surface area contributed by atoms with Crippen molar-refractivity contribution in [2.75, 3.05) is 30.8 Å².